The number of esters is 1. The highest BCUT2D eigenvalue weighted by molar-refractivity contribution is 5.93. The predicted octanol–water partition coefficient (Wildman–Crippen LogP) is 1.49. The summed E-state index contributed by atoms with van der Waals surface area (Å²) in [5.74, 6) is 0.265. The molecule has 0 spiro atoms. The van der Waals surface area contributed by atoms with Crippen molar-refractivity contribution in [3.05, 3.63) is 60.1 Å². The average Bonchev–Trinajstić information content (AvgIpc) is 3.03. The molecular formula is C15H13N4O3+. The molecule has 1 aromatic carbocycles. The average molecular weight is 297 g/mol. The second-order valence-corrected chi connectivity index (χ2v) is 4.44. The van der Waals surface area contributed by atoms with Crippen molar-refractivity contribution in [2.45, 2.75) is 6.61 Å². The molecule has 2 heterocycles. The molecule has 22 heavy (non-hydrogen) atoms. The molecule has 0 aliphatic heterocycles. The maximum absolute atomic E-state index is 11.9. The Morgan fingerprint density at radius 2 is 2.00 bits per heavy atom. The minimum atomic E-state index is -0.561. The van der Waals surface area contributed by atoms with Crippen molar-refractivity contribution in [1.82, 2.24) is 10.2 Å². The molecule has 0 fully saturated rings. The summed E-state index contributed by atoms with van der Waals surface area (Å²) in [6.45, 7) is -0.118. The van der Waals surface area contributed by atoms with Crippen molar-refractivity contribution >= 4 is 11.8 Å². The minimum Gasteiger partial charge on any atom is -0.452 e. The molecule has 0 aliphatic rings. The molecule has 3 aromatic rings. The van der Waals surface area contributed by atoms with Gasteiger partial charge in [-0.05, 0) is 24.3 Å². The summed E-state index contributed by atoms with van der Waals surface area (Å²) < 4.78 is 10.6. The third-order valence-corrected chi connectivity index (χ3v) is 2.92. The number of benzene rings is 1. The number of nitrogens with zero attached hydrogens (tertiary/aromatic N) is 2. The Morgan fingerprint density at radius 1 is 1.18 bits per heavy atom. The summed E-state index contributed by atoms with van der Waals surface area (Å²) in [5.41, 5.74) is 6.72. The van der Waals surface area contributed by atoms with Crippen LogP contribution in [0.4, 0.5) is 5.82 Å². The molecule has 0 amide bonds. The number of carbonyl (C=O) groups excluding carboxylic acids is 1. The van der Waals surface area contributed by atoms with Gasteiger partial charge < -0.3 is 9.15 Å². The van der Waals surface area contributed by atoms with E-state index in [1.807, 2.05) is 30.3 Å². The number of nitrogen functional groups attached to an aromatic ring is 1. The van der Waals surface area contributed by atoms with Crippen LogP contribution in [0.1, 0.15) is 16.2 Å². The standard InChI is InChI=1S/C15H12N4O3/c16-13-11(7-4-8-17-13)15(20)21-9-12-18-19-14(22-12)10-5-2-1-3-6-10/h1-8H,9H2,(H2,16,17)/p+1. The molecule has 0 saturated heterocycles. The fourth-order valence-corrected chi connectivity index (χ4v) is 1.84. The Labute approximate surface area is 125 Å². The summed E-state index contributed by atoms with van der Waals surface area (Å²) in [7, 11) is 0. The second kappa shape index (κ2) is 6.04. The van der Waals surface area contributed by atoms with Crippen molar-refractivity contribution in [3.63, 3.8) is 0 Å². The number of hydrogen-bond donors (Lipinski definition) is 1. The van der Waals surface area contributed by atoms with Crippen LogP contribution in [0.3, 0.4) is 0 Å². The Morgan fingerprint density at radius 3 is 2.77 bits per heavy atom. The van der Waals surface area contributed by atoms with Crippen molar-refractivity contribution in [3.8, 4) is 11.5 Å². The van der Waals surface area contributed by atoms with Gasteiger partial charge >= 0.3 is 5.97 Å². The van der Waals surface area contributed by atoms with E-state index in [9.17, 15) is 4.79 Å². The van der Waals surface area contributed by atoms with E-state index in [1.54, 1.807) is 18.3 Å². The minimum absolute atomic E-state index is 0.118. The monoisotopic (exact) mass is 297 g/mol. The largest absolute Gasteiger partial charge is 0.452 e. The van der Waals surface area contributed by atoms with E-state index in [-0.39, 0.29) is 23.9 Å². The van der Waals surface area contributed by atoms with Crippen LogP contribution in [0.2, 0.25) is 0 Å². The maximum atomic E-state index is 11.9. The molecule has 7 nitrogen and oxygen atoms in total. The van der Waals surface area contributed by atoms with E-state index in [0.717, 1.165) is 5.56 Å². The van der Waals surface area contributed by atoms with E-state index in [0.29, 0.717) is 5.89 Å². The van der Waals surface area contributed by atoms with Crippen molar-refractivity contribution in [2.24, 2.45) is 0 Å². The normalized spacial score (nSPS) is 10.4. The first kappa shape index (κ1) is 13.7. The first-order valence-electron chi connectivity index (χ1n) is 6.55. The summed E-state index contributed by atoms with van der Waals surface area (Å²) >= 11 is 0. The number of H-pyrrole nitrogens is 1. The lowest BCUT2D eigenvalue weighted by molar-refractivity contribution is -0.360. The number of hydrogen-bond acceptors (Lipinski definition) is 6. The first-order valence-corrected chi connectivity index (χ1v) is 6.55. The number of aromatic nitrogens is 3. The summed E-state index contributed by atoms with van der Waals surface area (Å²) in [5, 5.41) is 7.76. The van der Waals surface area contributed by atoms with Crippen LogP contribution in [0.15, 0.2) is 53.1 Å². The van der Waals surface area contributed by atoms with Gasteiger partial charge in [0.2, 0.25) is 5.89 Å². The van der Waals surface area contributed by atoms with E-state index >= 15 is 0 Å². The Kier molecular flexibility index (Phi) is 3.78. The Hall–Kier alpha value is -3.22. The molecule has 0 unspecified atom stereocenters. The van der Waals surface area contributed by atoms with E-state index in [1.165, 1.54) is 0 Å². The van der Waals surface area contributed by atoms with Gasteiger partial charge in [0.05, 0.1) is 6.20 Å². The van der Waals surface area contributed by atoms with E-state index in [2.05, 4.69) is 15.2 Å². The number of aromatic amines is 1. The molecule has 0 saturated carbocycles. The zero-order chi connectivity index (χ0) is 15.4. The summed E-state index contributed by atoms with van der Waals surface area (Å²) in [4.78, 5) is 14.6. The van der Waals surface area contributed by atoms with Gasteiger partial charge in [-0.1, -0.05) is 18.2 Å². The summed E-state index contributed by atoms with van der Waals surface area (Å²) in [6, 6.07) is 12.6. The van der Waals surface area contributed by atoms with Crippen molar-refractivity contribution < 1.29 is 18.9 Å². The molecule has 0 atom stereocenters. The number of nitrogens with one attached hydrogen (secondary N) is 1. The molecule has 3 rings (SSSR count). The quantitative estimate of drug-likeness (QED) is 0.731. The van der Waals surface area contributed by atoms with E-state index < -0.39 is 5.97 Å². The lowest BCUT2D eigenvalue weighted by atomic mass is 10.2. The van der Waals surface area contributed by atoms with Gasteiger partial charge in [0.25, 0.3) is 11.7 Å². The van der Waals surface area contributed by atoms with Gasteiger partial charge in [-0.15, -0.1) is 10.2 Å². The van der Waals surface area contributed by atoms with Crippen LogP contribution in [0.25, 0.3) is 11.5 Å². The molecule has 2 aromatic heterocycles. The Balaban J connectivity index is 1.67. The fraction of sp³-hybridized carbons (Fsp3) is 0.0667. The Bertz CT molecular complexity index is 786. The lowest BCUT2D eigenvalue weighted by Gasteiger charge is -2.01. The van der Waals surface area contributed by atoms with Crippen LogP contribution < -0.4 is 10.7 Å². The number of carbonyl (C=O) groups is 1. The van der Waals surface area contributed by atoms with Crippen LogP contribution in [-0.2, 0) is 11.3 Å². The zero-order valence-corrected chi connectivity index (χ0v) is 11.5. The van der Waals surface area contributed by atoms with E-state index in [4.69, 9.17) is 14.9 Å². The molecule has 3 N–H and O–H groups in total. The maximum Gasteiger partial charge on any atom is 0.347 e. The van der Waals surface area contributed by atoms with Gasteiger partial charge in [-0.3, -0.25) is 5.73 Å². The molecule has 0 radical (unpaired) electrons. The van der Waals surface area contributed by atoms with Crippen LogP contribution >= 0.6 is 0 Å². The zero-order valence-electron chi connectivity index (χ0n) is 11.5. The summed E-state index contributed by atoms with van der Waals surface area (Å²) in [6.07, 6.45) is 1.62. The van der Waals surface area contributed by atoms with Gasteiger partial charge in [-0.25, -0.2) is 9.78 Å². The highest BCUT2D eigenvalue weighted by Gasteiger charge is 2.17. The fourth-order valence-electron chi connectivity index (χ4n) is 1.84. The molecule has 0 aliphatic carbocycles. The topological polar surface area (TPSA) is 105 Å². The highest BCUT2D eigenvalue weighted by Crippen LogP contribution is 2.17. The third kappa shape index (κ3) is 2.93. The second-order valence-electron chi connectivity index (χ2n) is 4.44. The van der Waals surface area contributed by atoms with Crippen LogP contribution in [-0.4, -0.2) is 16.2 Å². The van der Waals surface area contributed by atoms with Gasteiger partial charge in [0, 0.05) is 5.56 Å². The highest BCUT2D eigenvalue weighted by atomic mass is 16.5. The molecule has 0 bridgehead atoms. The third-order valence-electron chi connectivity index (χ3n) is 2.92. The molecule has 110 valence electrons. The van der Waals surface area contributed by atoms with Gasteiger partial charge in [0.1, 0.15) is 5.56 Å². The predicted molar refractivity (Wildman–Crippen MR) is 76.3 cm³/mol. The molecular weight excluding hydrogens is 284 g/mol. The first-order chi connectivity index (χ1) is 10.7. The van der Waals surface area contributed by atoms with Crippen molar-refractivity contribution in [1.29, 1.82) is 0 Å². The van der Waals surface area contributed by atoms with Gasteiger partial charge in [-0.2, -0.15) is 0 Å². The number of rotatable bonds is 4. The number of ether oxygens (including phenoxy) is 1. The molecule has 7 heteroatoms. The number of anilines is 1. The SMILES string of the molecule is Nc1[nH+]cccc1C(=O)OCc1nnc(-c2ccccc2)o1. The number of pyridine rings is 1. The lowest BCUT2D eigenvalue weighted by Crippen LogP contribution is -2.17. The van der Waals surface area contributed by atoms with Crippen LogP contribution in [0.5, 0.6) is 0 Å². The van der Waals surface area contributed by atoms with Crippen LogP contribution in [0, 0.1) is 0 Å². The van der Waals surface area contributed by atoms with Gasteiger partial charge in [0.15, 0.2) is 6.61 Å². The van der Waals surface area contributed by atoms with Crippen molar-refractivity contribution in [2.75, 3.05) is 5.73 Å². The smallest absolute Gasteiger partial charge is 0.347 e. The number of nitrogens with two attached hydrogens (primary N) is 1.